The van der Waals surface area contributed by atoms with Gasteiger partial charge in [-0.3, -0.25) is 10.1 Å². The first-order valence-corrected chi connectivity index (χ1v) is 6.51. The normalized spacial score (nSPS) is 12.6. The van der Waals surface area contributed by atoms with Crippen LogP contribution in [0.2, 0.25) is 0 Å². The molecule has 0 bridgehead atoms. The highest BCUT2D eigenvalue weighted by molar-refractivity contribution is 5.92. The van der Waals surface area contributed by atoms with Crippen molar-refractivity contribution in [1.82, 2.24) is 5.32 Å². The van der Waals surface area contributed by atoms with Crippen molar-refractivity contribution in [2.45, 2.75) is 45.3 Å². The summed E-state index contributed by atoms with van der Waals surface area (Å²) in [6.45, 7) is 5.13. The fourth-order valence-electron chi connectivity index (χ4n) is 1.64. The van der Waals surface area contributed by atoms with E-state index in [1.807, 2.05) is 30.3 Å². The van der Waals surface area contributed by atoms with Crippen molar-refractivity contribution in [3.8, 4) is 0 Å². The lowest BCUT2D eigenvalue weighted by Crippen LogP contribution is -2.37. The molecule has 110 valence electrons. The van der Waals surface area contributed by atoms with E-state index < -0.39 is 23.7 Å². The Morgan fingerprint density at radius 3 is 2.40 bits per heavy atom. The predicted octanol–water partition coefficient (Wildman–Crippen LogP) is 2.03. The first-order chi connectivity index (χ1) is 9.26. The molecule has 2 N–H and O–H groups in total. The van der Waals surface area contributed by atoms with Gasteiger partial charge in [-0.1, -0.05) is 30.3 Å². The van der Waals surface area contributed by atoms with E-state index in [0.717, 1.165) is 5.56 Å². The van der Waals surface area contributed by atoms with Gasteiger partial charge in [0.25, 0.3) is 0 Å². The third-order valence-corrected chi connectivity index (χ3v) is 2.38. The zero-order valence-corrected chi connectivity index (χ0v) is 12.1. The van der Waals surface area contributed by atoms with Crippen LogP contribution in [-0.4, -0.2) is 28.8 Å². The van der Waals surface area contributed by atoms with Gasteiger partial charge < -0.3 is 9.84 Å². The van der Waals surface area contributed by atoms with Crippen molar-refractivity contribution < 1.29 is 19.4 Å². The predicted molar refractivity (Wildman–Crippen MR) is 75.1 cm³/mol. The van der Waals surface area contributed by atoms with Gasteiger partial charge in [-0.05, 0) is 32.8 Å². The summed E-state index contributed by atoms with van der Waals surface area (Å²) < 4.78 is 4.96. The van der Waals surface area contributed by atoms with Crippen LogP contribution >= 0.6 is 0 Å². The zero-order valence-electron chi connectivity index (χ0n) is 12.1. The summed E-state index contributed by atoms with van der Waals surface area (Å²) in [5.41, 5.74) is 0.276. The van der Waals surface area contributed by atoms with E-state index >= 15 is 0 Å². The van der Waals surface area contributed by atoms with Crippen LogP contribution in [0.1, 0.15) is 32.8 Å². The lowest BCUT2D eigenvalue weighted by Gasteiger charge is -2.19. The van der Waals surface area contributed by atoms with Crippen LogP contribution in [-0.2, 0) is 16.0 Å². The number of rotatable bonds is 4. The molecule has 0 spiro atoms. The Kier molecular flexibility index (Phi) is 5.70. The molecule has 5 heteroatoms. The van der Waals surface area contributed by atoms with Crippen LogP contribution in [0.3, 0.4) is 0 Å². The molecule has 0 fully saturated rings. The maximum Gasteiger partial charge on any atom is 0.414 e. The highest BCUT2D eigenvalue weighted by Gasteiger charge is 2.19. The molecule has 0 saturated heterocycles. The van der Waals surface area contributed by atoms with Crippen molar-refractivity contribution in [1.29, 1.82) is 0 Å². The average molecular weight is 279 g/mol. The molecule has 0 aromatic heterocycles. The number of hydrogen-bond acceptors (Lipinski definition) is 4. The van der Waals surface area contributed by atoms with E-state index in [1.54, 1.807) is 20.8 Å². The fourth-order valence-corrected chi connectivity index (χ4v) is 1.64. The number of aliphatic hydroxyl groups is 1. The van der Waals surface area contributed by atoms with E-state index in [-0.39, 0.29) is 6.42 Å². The molecule has 0 radical (unpaired) electrons. The van der Waals surface area contributed by atoms with Crippen molar-refractivity contribution in [2.75, 3.05) is 0 Å². The van der Waals surface area contributed by atoms with Crippen molar-refractivity contribution in [3.05, 3.63) is 35.9 Å². The number of nitrogens with one attached hydrogen (secondary N) is 1. The molecule has 0 saturated carbocycles. The smallest absolute Gasteiger partial charge is 0.414 e. The first kappa shape index (κ1) is 16.2. The second-order valence-corrected chi connectivity index (χ2v) is 5.60. The van der Waals surface area contributed by atoms with Gasteiger partial charge >= 0.3 is 6.09 Å². The fraction of sp³-hybridized carbons (Fsp3) is 0.467. The van der Waals surface area contributed by atoms with Gasteiger partial charge in [0.2, 0.25) is 5.91 Å². The number of alkyl carbamates (subject to hydrolysis) is 1. The lowest BCUT2D eigenvalue weighted by atomic mass is 10.1. The summed E-state index contributed by atoms with van der Waals surface area (Å²) in [7, 11) is 0. The van der Waals surface area contributed by atoms with Crippen molar-refractivity contribution in [2.24, 2.45) is 0 Å². The molecule has 1 unspecified atom stereocenters. The summed E-state index contributed by atoms with van der Waals surface area (Å²) in [5.74, 6) is -0.553. The van der Waals surface area contributed by atoms with E-state index in [9.17, 15) is 14.7 Å². The van der Waals surface area contributed by atoms with Crippen LogP contribution in [0.4, 0.5) is 4.79 Å². The third-order valence-electron chi connectivity index (χ3n) is 2.38. The third kappa shape index (κ3) is 6.89. The standard InChI is InChI=1S/C15H21NO4/c1-15(2,3)20-14(19)16-13(18)10-12(17)9-11-7-5-4-6-8-11/h4-8,12,17H,9-10H2,1-3H3,(H,16,18,19). The number of hydrogen-bond donors (Lipinski definition) is 2. The van der Waals surface area contributed by atoms with Crippen LogP contribution in [0.15, 0.2) is 30.3 Å². The molecule has 0 aliphatic carbocycles. The van der Waals surface area contributed by atoms with Gasteiger partial charge in [-0.25, -0.2) is 4.79 Å². The van der Waals surface area contributed by atoms with E-state index in [4.69, 9.17) is 4.74 Å². The topological polar surface area (TPSA) is 75.6 Å². The van der Waals surface area contributed by atoms with Crippen LogP contribution in [0.25, 0.3) is 0 Å². The number of amides is 2. The highest BCUT2D eigenvalue weighted by atomic mass is 16.6. The molecular weight excluding hydrogens is 258 g/mol. The molecule has 0 aliphatic rings. The SMILES string of the molecule is CC(C)(C)OC(=O)NC(=O)CC(O)Cc1ccccc1. The molecule has 1 aromatic carbocycles. The maximum atomic E-state index is 11.6. The molecule has 1 rings (SSSR count). The minimum absolute atomic E-state index is 0.145. The summed E-state index contributed by atoms with van der Waals surface area (Å²) in [4.78, 5) is 22.9. The molecule has 1 aromatic rings. The van der Waals surface area contributed by atoms with Gasteiger partial charge in [-0.2, -0.15) is 0 Å². The lowest BCUT2D eigenvalue weighted by molar-refractivity contribution is -0.122. The van der Waals surface area contributed by atoms with E-state index in [1.165, 1.54) is 0 Å². The number of carbonyl (C=O) groups is 2. The molecule has 0 heterocycles. The first-order valence-electron chi connectivity index (χ1n) is 6.51. The number of imide groups is 1. The molecule has 2 amide bonds. The second-order valence-electron chi connectivity index (χ2n) is 5.60. The summed E-state index contributed by atoms with van der Waals surface area (Å²) in [6.07, 6.45) is -1.41. The van der Waals surface area contributed by atoms with E-state index in [2.05, 4.69) is 5.32 Å². The van der Waals surface area contributed by atoms with Gasteiger partial charge in [0, 0.05) is 0 Å². The Morgan fingerprint density at radius 2 is 1.85 bits per heavy atom. The van der Waals surface area contributed by atoms with Crippen LogP contribution < -0.4 is 5.32 Å². The summed E-state index contributed by atoms with van der Waals surface area (Å²) in [5, 5.41) is 11.9. The van der Waals surface area contributed by atoms with Gasteiger partial charge in [0.05, 0.1) is 12.5 Å². The van der Waals surface area contributed by atoms with Gasteiger partial charge in [0.15, 0.2) is 0 Å². The van der Waals surface area contributed by atoms with Crippen LogP contribution in [0.5, 0.6) is 0 Å². The Balaban J connectivity index is 2.37. The van der Waals surface area contributed by atoms with Gasteiger partial charge in [-0.15, -0.1) is 0 Å². The van der Waals surface area contributed by atoms with Crippen molar-refractivity contribution >= 4 is 12.0 Å². The van der Waals surface area contributed by atoms with E-state index in [0.29, 0.717) is 6.42 Å². The molecule has 20 heavy (non-hydrogen) atoms. The number of ether oxygens (including phenoxy) is 1. The molecule has 0 aliphatic heterocycles. The van der Waals surface area contributed by atoms with Crippen LogP contribution in [0, 0.1) is 0 Å². The quantitative estimate of drug-likeness (QED) is 0.884. The maximum absolute atomic E-state index is 11.6. The number of aliphatic hydroxyl groups excluding tert-OH is 1. The summed E-state index contributed by atoms with van der Waals surface area (Å²) in [6, 6.07) is 9.35. The Hall–Kier alpha value is -1.88. The Labute approximate surface area is 118 Å². The molecular formula is C15H21NO4. The highest BCUT2D eigenvalue weighted by Crippen LogP contribution is 2.08. The minimum Gasteiger partial charge on any atom is -0.444 e. The van der Waals surface area contributed by atoms with Gasteiger partial charge in [0.1, 0.15) is 5.60 Å². The average Bonchev–Trinajstić information content (AvgIpc) is 2.26. The number of benzene rings is 1. The Bertz CT molecular complexity index is 451. The molecule has 5 nitrogen and oxygen atoms in total. The zero-order chi connectivity index (χ0) is 15.2. The number of carbonyl (C=O) groups excluding carboxylic acids is 2. The molecule has 1 atom stereocenters. The van der Waals surface area contributed by atoms with Crippen molar-refractivity contribution in [3.63, 3.8) is 0 Å². The summed E-state index contributed by atoms with van der Waals surface area (Å²) >= 11 is 0. The monoisotopic (exact) mass is 279 g/mol. The largest absolute Gasteiger partial charge is 0.444 e. The minimum atomic E-state index is -0.833. The second kappa shape index (κ2) is 7.05. The Morgan fingerprint density at radius 1 is 1.25 bits per heavy atom.